The summed E-state index contributed by atoms with van der Waals surface area (Å²) in [5.41, 5.74) is 2.54. The highest BCUT2D eigenvalue weighted by molar-refractivity contribution is 5.91. The minimum Gasteiger partial charge on any atom is -0.460 e. The Morgan fingerprint density at radius 2 is 1.46 bits per heavy atom. The first-order valence-corrected chi connectivity index (χ1v) is 7.90. The van der Waals surface area contributed by atoms with Crippen molar-refractivity contribution in [3.05, 3.63) is 60.2 Å². The van der Waals surface area contributed by atoms with Crippen LogP contribution in [-0.2, 0) is 14.2 Å². The average Bonchev–Trinajstić information content (AvgIpc) is 2.64. The molecule has 0 aromatic heterocycles. The molecule has 0 amide bonds. The van der Waals surface area contributed by atoms with Crippen LogP contribution in [0.2, 0.25) is 0 Å². The first-order chi connectivity index (χ1) is 11.8. The predicted octanol–water partition coefficient (Wildman–Crippen LogP) is 2.54. The van der Waals surface area contributed by atoms with E-state index < -0.39 is 0 Å². The van der Waals surface area contributed by atoms with Crippen LogP contribution in [0.25, 0.3) is 11.1 Å². The molecule has 5 nitrogen and oxygen atoms in total. The number of esters is 1. The third-order valence-electron chi connectivity index (χ3n) is 3.27. The molecule has 1 N–H and O–H groups in total. The first-order valence-electron chi connectivity index (χ1n) is 7.90. The van der Waals surface area contributed by atoms with Gasteiger partial charge in [0.2, 0.25) is 0 Å². The van der Waals surface area contributed by atoms with Gasteiger partial charge in [-0.1, -0.05) is 42.5 Å². The fraction of sp³-hybridized carbons (Fsp3) is 0.316. The number of carbonyl (C=O) groups is 1. The van der Waals surface area contributed by atoms with Gasteiger partial charge in [0, 0.05) is 0 Å². The van der Waals surface area contributed by atoms with Crippen LogP contribution in [0.1, 0.15) is 10.4 Å². The van der Waals surface area contributed by atoms with E-state index >= 15 is 0 Å². The lowest BCUT2D eigenvalue weighted by molar-refractivity contribution is 0.00920. The second kappa shape index (κ2) is 10.5. The van der Waals surface area contributed by atoms with Crippen LogP contribution in [0, 0.1) is 0 Å². The summed E-state index contributed by atoms with van der Waals surface area (Å²) in [5.74, 6) is -0.368. The number of aliphatic hydroxyl groups excluding tert-OH is 1. The van der Waals surface area contributed by atoms with Crippen LogP contribution in [0.4, 0.5) is 0 Å². The van der Waals surface area contributed by atoms with Gasteiger partial charge in [0.15, 0.2) is 0 Å². The number of aliphatic hydroxyl groups is 1. The molecule has 0 aliphatic heterocycles. The molecule has 0 unspecified atom stereocenters. The van der Waals surface area contributed by atoms with E-state index in [1.54, 1.807) is 6.07 Å². The Balaban J connectivity index is 1.75. The Hall–Kier alpha value is -2.21. The van der Waals surface area contributed by atoms with Crippen LogP contribution in [0.3, 0.4) is 0 Å². The summed E-state index contributed by atoms with van der Waals surface area (Å²) in [6, 6.07) is 17.2. The van der Waals surface area contributed by atoms with Gasteiger partial charge in [0.25, 0.3) is 0 Å². The van der Waals surface area contributed by atoms with Crippen molar-refractivity contribution in [1.29, 1.82) is 0 Å². The SMILES string of the molecule is O=C(OCCOCCOCCO)c1cccc(-c2ccccc2)c1. The number of hydrogen-bond acceptors (Lipinski definition) is 5. The zero-order chi connectivity index (χ0) is 17.0. The van der Waals surface area contributed by atoms with E-state index in [2.05, 4.69) is 0 Å². The van der Waals surface area contributed by atoms with Crippen molar-refractivity contribution in [2.24, 2.45) is 0 Å². The van der Waals surface area contributed by atoms with Gasteiger partial charge in [-0.05, 0) is 23.3 Å². The summed E-state index contributed by atoms with van der Waals surface area (Å²) in [7, 11) is 0. The number of rotatable bonds is 10. The van der Waals surface area contributed by atoms with Crippen molar-refractivity contribution in [2.75, 3.05) is 39.6 Å². The molecule has 0 saturated heterocycles. The highest BCUT2D eigenvalue weighted by Gasteiger charge is 2.08. The Bertz CT molecular complexity index is 612. The van der Waals surface area contributed by atoms with Gasteiger partial charge < -0.3 is 19.3 Å². The molecule has 0 aliphatic rings. The van der Waals surface area contributed by atoms with E-state index in [4.69, 9.17) is 19.3 Å². The fourth-order valence-corrected chi connectivity index (χ4v) is 2.12. The lowest BCUT2D eigenvalue weighted by Crippen LogP contribution is -2.13. The van der Waals surface area contributed by atoms with E-state index in [1.807, 2.05) is 48.5 Å². The Morgan fingerprint density at radius 3 is 2.21 bits per heavy atom. The van der Waals surface area contributed by atoms with Gasteiger partial charge in [-0.3, -0.25) is 0 Å². The average molecular weight is 330 g/mol. The Morgan fingerprint density at radius 1 is 0.792 bits per heavy atom. The minimum atomic E-state index is -0.368. The fourth-order valence-electron chi connectivity index (χ4n) is 2.12. The third kappa shape index (κ3) is 6.12. The summed E-state index contributed by atoms with van der Waals surface area (Å²) in [6.45, 7) is 1.62. The topological polar surface area (TPSA) is 65.0 Å². The van der Waals surface area contributed by atoms with Gasteiger partial charge in [0.1, 0.15) is 6.61 Å². The molecule has 2 aromatic carbocycles. The molecular formula is C19H22O5. The molecule has 0 radical (unpaired) electrons. The number of benzene rings is 2. The van der Waals surface area contributed by atoms with Crippen molar-refractivity contribution in [1.82, 2.24) is 0 Å². The standard InChI is InChI=1S/C19H22O5/c20-9-10-22-11-12-23-13-14-24-19(21)18-8-4-7-17(15-18)16-5-2-1-3-6-16/h1-8,15,20H,9-14H2. The molecule has 2 rings (SSSR count). The zero-order valence-electron chi connectivity index (χ0n) is 13.5. The summed E-state index contributed by atoms with van der Waals surface area (Å²) in [6.07, 6.45) is 0. The molecular weight excluding hydrogens is 308 g/mol. The molecule has 0 saturated carbocycles. The van der Waals surface area contributed by atoms with Crippen molar-refractivity contribution in [3.63, 3.8) is 0 Å². The largest absolute Gasteiger partial charge is 0.460 e. The van der Waals surface area contributed by atoms with Crippen LogP contribution in [0.15, 0.2) is 54.6 Å². The quantitative estimate of drug-likeness (QED) is 0.536. The monoisotopic (exact) mass is 330 g/mol. The maximum absolute atomic E-state index is 12.1. The molecule has 128 valence electrons. The van der Waals surface area contributed by atoms with E-state index in [0.717, 1.165) is 11.1 Å². The first kappa shape index (κ1) is 18.1. The number of ether oxygens (including phenoxy) is 3. The second-order valence-electron chi connectivity index (χ2n) is 5.03. The summed E-state index contributed by atoms with van der Waals surface area (Å²) < 4.78 is 15.5. The Labute approximate surface area is 141 Å². The third-order valence-corrected chi connectivity index (χ3v) is 3.27. The molecule has 2 aromatic rings. The van der Waals surface area contributed by atoms with Crippen molar-refractivity contribution >= 4 is 5.97 Å². The van der Waals surface area contributed by atoms with Crippen molar-refractivity contribution in [3.8, 4) is 11.1 Å². The van der Waals surface area contributed by atoms with E-state index in [9.17, 15) is 4.79 Å². The molecule has 0 heterocycles. The van der Waals surface area contributed by atoms with Crippen molar-refractivity contribution < 1.29 is 24.1 Å². The smallest absolute Gasteiger partial charge is 0.338 e. The summed E-state index contributed by atoms with van der Waals surface area (Å²) in [4.78, 5) is 12.1. The van der Waals surface area contributed by atoms with Gasteiger partial charge in [-0.2, -0.15) is 0 Å². The second-order valence-corrected chi connectivity index (χ2v) is 5.03. The predicted molar refractivity (Wildman–Crippen MR) is 90.9 cm³/mol. The van der Waals surface area contributed by atoms with E-state index in [-0.39, 0.29) is 19.2 Å². The van der Waals surface area contributed by atoms with Crippen LogP contribution in [-0.4, -0.2) is 50.7 Å². The van der Waals surface area contributed by atoms with E-state index in [0.29, 0.717) is 32.0 Å². The van der Waals surface area contributed by atoms with Crippen LogP contribution in [0.5, 0.6) is 0 Å². The Kier molecular flexibility index (Phi) is 7.97. The van der Waals surface area contributed by atoms with E-state index in [1.165, 1.54) is 0 Å². The van der Waals surface area contributed by atoms with Gasteiger partial charge in [0.05, 0.1) is 38.6 Å². The summed E-state index contributed by atoms with van der Waals surface area (Å²) in [5, 5.41) is 8.55. The molecule has 24 heavy (non-hydrogen) atoms. The summed E-state index contributed by atoms with van der Waals surface area (Å²) >= 11 is 0. The van der Waals surface area contributed by atoms with Crippen molar-refractivity contribution in [2.45, 2.75) is 0 Å². The lowest BCUT2D eigenvalue weighted by atomic mass is 10.0. The number of hydrogen-bond donors (Lipinski definition) is 1. The zero-order valence-corrected chi connectivity index (χ0v) is 13.5. The maximum Gasteiger partial charge on any atom is 0.338 e. The van der Waals surface area contributed by atoms with Crippen LogP contribution < -0.4 is 0 Å². The van der Waals surface area contributed by atoms with Gasteiger partial charge in [-0.15, -0.1) is 0 Å². The lowest BCUT2D eigenvalue weighted by Gasteiger charge is -2.08. The maximum atomic E-state index is 12.1. The molecule has 0 fully saturated rings. The normalized spacial score (nSPS) is 10.5. The molecule has 0 aliphatic carbocycles. The molecule has 0 bridgehead atoms. The molecule has 5 heteroatoms. The highest BCUT2D eigenvalue weighted by Crippen LogP contribution is 2.20. The number of carbonyl (C=O) groups excluding carboxylic acids is 1. The van der Waals surface area contributed by atoms with Crippen LogP contribution >= 0.6 is 0 Å². The minimum absolute atomic E-state index is 0.000339. The van der Waals surface area contributed by atoms with Gasteiger partial charge in [-0.25, -0.2) is 4.79 Å². The molecule has 0 atom stereocenters. The van der Waals surface area contributed by atoms with Gasteiger partial charge >= 0.3 is 5.97 Å². The molecule has 0 spiro atoms. The highest BCUT2D eigenvalue weighted by atomic mass is 16.6.